The van der Waals surface area contributed by atoms with Crippen LogP contribution in [0, 0.1) is 17.6 Å². The van der Waals surface area contributed by atoms with Gasteiger partial charge >= 0.3 is 0 Å². The van der Waals surface area contributed by atoms with E-state index in [1.54, 1.807) is 13.8 Å². The lowest BCUT2D eigenvalue weighted by Gasteiger charge is -2.34. The molecule has 0 bridgehead atoms. The summed E-state index contributed by atoms with van der Waals surface area (Å²) in [5.74, 6) is -4.01. The van der Waals surface area contributed by atoms with E-state index < -0.39 is 23.1 Å². The molecule has 1 heterocycles. The lowest BCUT2D eigenvalue weighted by atomic mass is 10.1. The quantitative estimate of drug-likeness (QED) is 0.809. The molecule has 0 aliphatic carbocycles. The van der Waals surface area contributed by atoms with Crippen molar-refractivity contribution in [3.8, 4) is 0 Å². The molecule has 0 spiro atoms. The first kappa shape index (κ1) is 12.8. The van der Waals surface area contributed by atoms with Crippen molar-refractivity contribution in [1.29, 1.82) is 0 Å². The molecular weight excluding hydrogens is 221 g/mol. The molecule has 1 aromatic heterocycles. The Morgan fingerprint density at radius 2 is 1.88 bits per heavy atom. The summed E-state index contributed by atoms with van der Waals surface area (Å²) >= 11 is 0. The van der Waals surface area contributed by atoms with E-state index in [4.69, 9.17) is 5.11 Å². The summed E-state index contributed by atoms with van der Waals surface area (Å²) < 4.78 is 38.9. The number of aromatic nitrogens is 1. The van der Waals surface area contributed by atoms with Crippen LogP contribution in [0.1, 0.15) is 13.8 Å². The first-order valence-corrected chi connectivity index (χ1v) is 4.66. The van der Waals surface area contributed by atoms with Gasteiger partial charge in [-0.3, -0.25) is 0 Å². The summed E-state index contributed by atoms with van der Waals surface area (Å²) in [6, 6.07) is 0.432. The van der Waals surface area contributed by atoms with E-state index in [0.717, 1.165) is 0 Å². The predicted molar refractivity (Wildman–Crippen MR) is 53.7 cm³/mol. The van der Waals surface area contributed by atoms with Crippen molar-refractivity contribution in [2.75, 3.05) is 18.6 Å². The van der Waals surface area contributed by atoms with E-state index in [1.807, 2.05) is 0 Å². The summed E-state index contributed by atoms with van der Waals surface area (Å²) in [6.45, 7) is 2.97. The molecule has 0 aliphatic heterocycles. The molecule has 1 N–H and O–H groups in total. The Morgan fingerprint density at radius 1 is 1.31 bits per heavy atom. The molecule has 6 heteroatoms. The first-order chi connectivity index (χ1) is 7.29. The molecule has 0 fully saturated rings. The fourth-order valence-electron chi connectivity index (χ4n) is 1.06. The predicted octanol–water partition coefficient (Wildman–Crippen LogP) is 1.71. The van der Waals surface area contributed by atoms with Crippen LogP contribution in [0.2, 0.25) is 0 Å². The molecule has 0 amide bonds. The van der Waals surface area contributed by atoms with Crippen LogP contribution in [0.4, 0.5) is 19.0 Å². The molecule has 1 aromatic rings. The summed E-state index contributed by atoms with van der Waals surface area (Å²) in [6.07, 6.45) is 0. The highest BCUT2D eigenvalue weighted by Gasteiger charge is 2.27. The molecular formula is C10H13F3N2O. The second-order valence-corrected chi connectivity index (χ2v) is 4.10. The third-order valence-electron chi connectivity index (χ3n) is 2.48. The maximum absolute atomic E-state index is 13.4. The van der Waals surface area contributed by atoms with Gasteiger partial charge in [-0.05, 0) is 13.8 Å². The van der Waals surface area contributed by atoms with Crippen LogP contribution in [-0.4, -0.2) is 29.3 Å². The lowest BCUT2D eigenvalue weighted by Crippen LogP contribution is -2.45. The average molecular weight is 234 g/mol. The van der Waals surface area contributed by atoms with Gasteiger partial charge in [-0.25, -0.2) is 8.78 Å². The number of aliphatic hydroxyl groups excluding tert-OH is 1. The van der Waals surface area contributed by atoms with E-state index >= 15 is 0 Å². The van der Waals surface area contributed by atoms with Crippen LogP contribution in [0.15, 0.2) is 6.07 Å². The molecule has 1 rings (SSSR count). The minimum atomic E-state index is -1.36. The Morgan fingerprint density at radius 3 is 2.38 bits per heavy atom. The van der Waals surface area contributed by atoms with E-state index in [1.165, 1.54) is 11.9 Å². The Bertz CT molecular complexity index is 396. The zero-order valence-corrected chi connectivity index (χ0v) is 9.26. The minimum absolute atomic E-state index is 0.274. The van der Waals surface area contributed by atoms with E-state index in [-0.39, 0.29) is 12.4 Å². The molecule has 0 aliphatic rings. The van der Waals surface area contributed by atoms with Crippen molar-refractivity contribution in [3.05, 3.63) is 23.6 Å². The van der Waals surface area contributed by atoms with E-state index in [9.17, 15) is 13.2 Å². The van der Waals surface area contributed by atoms with Crippen LogP contribution < -0.4 is 4.90 Å². The number of hydrogen-bond acceptors (Lipinski definition) is 3. The van der Waals surface area contributed by atoms with Crippen molar-refractivity contribution in [2.45, 2.75) is 19.4 Å². The molecule has 0 saturated carbocycles. The fourth-order valence-corrected chi connectivity index (χ4v) is 1.06. The van der Waals surface area contributed by atoms with Crippen LogP contribution in [0.5, 0.6) is 0 Å². The van der Waals surface area contributed by atoms with Gasteiger partial charge in [0.25, 0.3) is 5.95 Å². The molecule has 0 atom stereocenters. The Hall–Kier alpha value is -1.30. The van der Waals surface area contributed by atoms with Gasteiger partial charge in [-0.15, -0.1) is 0 Å². The first-order valence-electron chi connectivity index (χ1n) is 4.66. The van der Waals surface area contributed by atoms with Crippen molar-refractivity contribution in [1.82, 2.24) is 4.98 Å². The van der Waals surface area contributed by atoms with Gasteiger partial charge in [0.05, 0.1) is 12.1 Å². The van der Waals surface area contributed by atoms with Crippen LogP contribution >= 0.6 is 0 Å². The zero-order valence-electron chi connectivity index (χ0n) is 9.26. The Kier molecular flexibility index (Phi) is 3.42. The van der Waals surface area contributed by atoms with Gasteiger partial charge in [0.15, 0.2) is 17.5 Å². The van der Waals surface area contributed by atoms with Crippen LogP contribution in [-0.2, 0) is 0 Å². The topological polar surface area (TPSA) is 36.4 Å². The molecule has 3 nitrogen and oxygen atoms in total. The van der Waals surface area contributed by atoms with Crippen molar-refractivity contribution in [3.63, 3.8) is 0 Å². The molecule has 0 unspecified atom stereocenters. The molecule has 0 aromatic carbocycles. The summed E-state index contributed by atoms with van der Waals surface area (Å²) in [5.41, 5.74) is -0.821. The van der Waals surface area contributed by atoms with E-state index in [0.29, 0.717) is 6.07 Å². The number of anilines is 1. The Labute approximate surface area is 91.5 Å². The normalized spacial score (nSPS) is 11.7. The van der Waals surface area contributed by atoms with Gasteiger partial charge in [-0.2, -0.15) is 9.37 Å². The van der Waals surface area contributed by atoms with Gasteiger partial charge in [0.1, 0.15) is 0 Å². The minimum Gasteiger partial charge on any atom is -0.394 e. The smallest absolute Gasteiger partial charge is 0.251 e. The number of rotatable bonds is 3. The SMILES string of the molecule is CN(c1nc(F)c(F)cc1F)C(C)(C)CO. The maximum Gasteiger partial charge on any atom is 0.251 e. The van der Waals surface area contributed by atoms with Crippen molar-refractivity contribution in [2.24, 2.45) is 0 Å². The number of pyridine rings is 1. The zero-order chi connectivity index (χ0) is 12.5. The monoisotopic (exact) mass is 234 g/mol. The summed E-state index contributed by atoms with van der Waals surface area (Å²) in [4.78, 5) is 4.44. The molecule has 0 saturated heterocycles. The molecule has 16 heavy (non-hydrogen) atoms. The van der Waals surface area contributed by atoms with Gasteiger partial charge in [0, 0.05) is 13.1 Å². The second kappa shape index (κ2) is 4.29. The molecule has 90 valence electrons. The lowest BCUT2D eigenvalue weighted by molar-refractivity contribution is 0.214. The molecule has 0 radical (unpaired) electrons. The van der Waals surface area contributed by atoms with E-state index in [2.05, 4.69) is 4.98 Å². The van der Waals surface area contributed by atoms with Crippen LogP contribution in [0.25, 0.3) is 0 Å². The summed E-state index contributed by atoms with van der Waals surface area (Å²) in [7, 11) is 1.44. The third kappa shape index (κ3) is 2.27. The largest absolute Gasteiger partial charge is 0.394 e. The van der Waals surface area contributed by atoms with Gasteiger partial charge in [0.2, 0.25) is 0 Å². The van der Waals surface area contributed by atoms with Gasteiger partial charge < -0.3 is 10.0 Å². The number of aliphatic hydroxyl groups is 1. The highest BCUT2D eigenvalue weighted by molar-refractivity contribution is 5.42. The Balaban J connectivity index is 3.19. The highest BCUT2D eigenvalue weighted by Crippen LogP contribution is 2.24. The number of hydrogen-bond donors (Lipinski definition) is 1. The third-order valence-corrected chi connectivity index (χ3v) is 2.48. The second-order valence-electron chi connectivity index (χ2n) is 4.10. The van der Waals surface area contributed by atoms with Gasteiger partial charge in [-0.1, -0.05) is 0 Å². The average Bonchev–Trinajstić information content (AvgIpc) is 2.22. The fraction of sp³-hybridized carbons (Fsp3) is 0.500. The number of halogens is 3. The number of nitrogens with zero attached hydrogens (tertiary/aromatic N) is 2. The number of likely N-dealkylation sites (N-methyl/N-ethyl adjacent to an activating group) is 1. The van der Waals surface area contributed by atoms with Crippen LogP contribution in [0.3, 0.4) is 0 Å². The highest BCUT2D eigenvalue weighted by atomic mass is 19.2. The standard InChI is InChI=1S/C10H13F3N2O/c1-10(2,5-16)15(3)9-7(12)4-6(11)8(13)14-9/h4,16H,5H2,1-3H3. The summed E-state index contributed by atoms with van der Waals surface area (Å²) in [5, 5.41) is 9.08. The maximum atomic E-state index is 13.4. The van der Waals surface area contributed by atoms with Crippen molar-refractivity contribution >= 4 is 5.82 Å². The van der Waals surface area contributed by atoms with Crippen molar-refractivity contribution < 1.29 is 18.3 Å².